The molecule has 0 aliphatic carbocycles. The van der Waals surface area contributed by atoms with Crippen LogP contribution in [0.3, 0.4) is 0 Å². The van der Waals surface area contributed by atoms with E-state index in [1.807, 2.05) is 0 Å². The van der Waals surface area contributed by atoms with Crippen molar-refractivity contribution in [3.05, 3.63) is 149 Å². The first-order chi connectivity index (χ1) is 25.5. The normalized spacial score (nSPS) is 15.0. The number of hydrogen-bond acceptors (Lipinski definition) is 1. The van der Waals surface area contributed by atoms with Crippen molar-refractivity contribution in [2.75, 3.05) is 4.90 Å². The van der Waals surface area contributed by atoms with Crippen LogP contribution in [-0.4, -0.2) is 11.3 Å². The van der Waals surface area contributed by atoms with Gasteiger partial charge >= 0.3 is 0 Å². The van der Waals surface area contributed by atoms with Gasteiger partial charge in [-0.15, -0.1) is 0 Å². The minimum Gasteiger partial charge on any atom is -0.312 e. The third kappa shape index (κ3) is 5.07. The zero-order valence-corrected chi connectivity index (χ0v) is 34.0. The number of fused-ring (bicyclic) bond motifs is 7. The number of rotatable bonds is 2. The zero-order valence-electron chi connectivity index (χ0n) is 34.0. The highest BCUT2D eigenvalue weighted by molar-refractivity contribution is 6.99. The maximum Gasteiger partial charge on any atom is 0.247 e. The topological polar surface area (TPSA) is 8.17 Å². The summed E-state index contributed by atoms with van der Waals surface area (Å²) in [5.41, 5.74) is 18.6. The van der Waals surface area contributed by atoms with E-state index in [-0.39, 0.29) is 28.4 Å². The van der Waals surface area contributed by atoms with E-state index in [1.54, 1.807) is 0 Å². The van der Waals surface area contributed by atoms with Crippen molar-refractivity contribution < 1.29 is 0 Å². The van der Waals surface area contributed by atoms with Crippen molar-refractivity contribution in [3.8, 4) is 5.69 Å². The van der Waals surface area contributed by atoms with Crippen molar-refractivity contribution in [1.29, 1.82) is 0 Å². The molecule has 3 heterocycles. The van der Waals surface area contributed by atoms with Gasteiger partial charge in [0.05, 0.1) is 11.0 Å². The molecular formula is C51H53BN2. The lowest BCUT2D eigenvalue weighted by molar-refractivity contribution is 0.552. The highest BCUT2D eigenvalue weighted by Crippen LogP contribution is 2.47. The van der Waals surface area contributed by atoms with E-state index in [9.17, 15) is 0 Å². The second kappa shape index (κ2) is 11.5. The molecule has 0 atom stereocenters. The fraction of sp³-hybridized carbons (Fsp3) is 0.294. The molecule has 1 aromatic heterocycles. The van der Waals surface area contributed by atoms with Gasteiger partial charge in [-0.3, -0.25) is 0 Å². The average Bonchev–Trinajstić information content (AvgIpc) is 3.45. The first kappa shape index (κ1) is 34.7. The van der Waals surface area contributed by atoms with Crippen LogP contribution in [0.15, 0.2) is 121 Å². The molecule has 270 valence electrons. The third-order valence-electron chi connectivity index (χ3n) is 12.5. The summed E-state index contributed by atoms with van der Waals surface area (Å²) in [4.78, 5) is 2.57. The Kier molecular flexibility index (Phi) is 7.40. The monoisotopic (exact) mass is 704 g/mol. The van der Waals surface area contributed by atoms with Gasteiger partial charge < -0.3 is 9.47 Å². The molecule has 0 spiro atoms. The van der Waals surface area contributed by atoms with Gasteiger partial charge in [-0.25, -0.2) is 0 Å². The Balaban J connectivity index is 1.42. The highest BCUT2D eigenvalue weighted by atomic mass is 15.2. The molecule has 9 rings (SSSR count). The molecule has 2 aliphatic heterocycles. The summed E-state index contributed by atoms with van der Waals surface area (Å²) in [6.07, 6.45) is 0. The number of hydrogen-bond donors (Lipinski definition) is 0. The van der Waals surface area contributed by atoms with Gasteiger partial charge in [-0.2, -0.15) is 0 Å². The predicted molar refractivity (Wildman–Crippen MR) is 235 cm³/mol. The summed E-state index contributed by atoms with van der Waals surface area (Å²) in [5, 5.41) is 2.61. The Morgan fingerprint density at radius 2 is 1.13 bits per heavy atom. The Bertz CT molecular complexity index is 2620. The van der Waals surface area contributed by atoms with Crippen LogP contribution in [0.2, 0.25) is 0 Å². The second-order valence-electron chi connectivity index (χ2n) is 19.5. The van der Waals surface area contributed by atoms with E-state index in [0.29, 0.717) is 0 Å². The molecule has 2 aliphatic rings. The van der Waals surface area contributed by atoms with Gasteiger partial charge in [0.15, 0.2) is 0 Å². The van der Waals surface area contributed by atoms with Crippen molar-refractivity contribution in [1.82, 2.24) is 4.57 Å². The van der Waals surface area contributed by atoms with Crippen LogP contribution in [0, 0.1) is 0 Å². The molecule has 7 aromatic rings. The van der Waals surface area contributed by atoms with Crippen LogP contribution in [0.4, 0.5) is 17.1 Å². The molecule has 0 N–H and O–H groups in total. The molecule has 0 fully saturated rings. The summed E-state index contributed by atoms with van der Waals surface area (Å²) in [6.45, 7) is 26.2. The summed E-state index contributed by atoms with van der Waals surface area (Å²) >= 11 is 0. The van der Waals surface area contributed by atoms with Crippen LogP contribution >= 0.6 is 0 Å². The van der Waals surface area contributed by atoms with Gasteiger partial charge in [-0.1, -0.05) is 154 Å². The maximum atomic E-state index is 2.58. The lowest BCUT2D eigenvalue weighted by atomic mass is 9.29. The predicted octanol–water partition coefficient (Wildman–Crippen LogP) is 11.6. The van der Waals surface area contributed by atoms with Crippen molar-refractivity contribution in [3.63, 3.8) is 0 Å². The second-order valence-corrected chi connectivity index (χ2v) is 19.5. The Morgan fingerprint density at radius 1 is 0.500 bits per heavy atom. The Morgan fingerprint density at radius 3 is 1.80 bits per heavy atom. The van der Waals surface area contributed by atoms with Gasteiger partial charge in [0.2, 0.25) is 6.71 Å². The lowest BCUT2D eigenvalue weighted by Crippen LogP contribution is -2.64. The van der Waals surface area contributed by atoms with Crippen molar-refractivity contribution in [2.24, 2.45) is 0 Å². The zero-order chi connectivity index (χ0) is 38.1. The lowest BCUT2D eigenvalue weighted by Gasteiger charge is -2.48. The number of anilines is 3. The van der Waals surface area contributed by atoms with Crippen molar-refractivity contribution in [2.45, 2.75) is 97.8 Å². The summed E-state index contributed by atoms with van der Waals surface area (Å²) < 4.78 is 2.48. The largest absolute Gasteiger partial charge is 0.312 e. The quantitative estimate of drug-likeness (QED) is 0.163. The molecule has 0 amide bonds. The number of benzene rings is 6. The molecule has 0 unspecified atom stereocenters. The van der Waals surface area contributed by atoms with Crippen LogP contribution in [0.5, 0.6) is 0 Å². The molecule has 6 aromatic carbocycles. The summed E-state index contributed by atoms with van der Waals surface area (Å²) in [6, 6.07) is 46.6. The average molecular weight is 705 g/mol. The van der Waals surface area contributed by atoms with E-state index in [4.69, 9.17) is 0 Å². The Labute approximate surface area is 322 Å². The first-order valence-corrected chi connectivity index (χ1v) is 19.8. The molecule has 2 nitrogen and oxygen atoms in total. The van der Waals surface area contributed by atoms with E-state index < -0.39 is 0 Å². The van der Waals surface area contributed by atoms with Gasteiger partial charge in [0.1, 0.15) is 0 Å². The molecule has 0 radical (unpaired) electrons. The van der Waals surface area contributed by atoms with E-state index in [0.717, 1.165) is 0 Å². The SMILES string of the molecule is CC(C)(C)c1ccc(N2c3ccc(C(C)(C)C)cc3B3c4cc5c6ccccc6n(-c6ccccc6)c5cc4C(C)(C)c4c(C(C)(C)C)ccc2c43)cc1. The van der Waals surface area contributed by atoms with Crippen molar-refractivity contribution >= 4 is 62.0 Å². The van der Waals surface area contributed by atoms with Gasteiger partial charge in [0, 0.05) is 38.9 Å². The minimum absolute atomic E-state index is 0.00834. The Hall–Kier alpha value is -5.02. The van der Waals surface area contributed by atoms with Gasteiger partial charge in [-0.05, 0) is 104 Å². The molecule has 54 heavy (non-hydrogen) atoms. The van der Waals surface area contributed by atoms with Crippen LogP contribution in [-0.2, 0) is 21.7 Å². The minimum atomic E-state index is -0.257. The van der Waals surface area contributed by atoms with Crippen LogP contribution < -0.4 is 21.3 Å². The smallest absolute Gasteiger partial charge is 0.247 e. The summed E-state index contributed by atoms with van der Waals surface area (Å²) in [5.74, 6) is 0. The fourth-order valence-corrected chi connectivity index (χ4v) is 9.65. The van der Waals surface area contributed by atoms with Crippen LogP contribution in [0.1, 0.15) is 104 Å². The molecular weight excluding hydrogens is 651 g/mol. The number of para-hydroxylation sites is 2. The van der Waals surface area contributed by atoms with Gasteiger partial charge in [0.25, 0.3) is 0 Å². The van der Waals surface area contributed by atoms with Crippen LogP contribution in [0.25, 0.3) is 27.5 Å². The molecule has 0 bridgehead atoms. The highest BCUT2D eigenvalue weighted by Gasteiger charge is 2.48. The molecule has 0 saturated carbocycles. The molecule has 3 heteroatoms. The fourth-order valence-electron chi connectivity index (χ4n) is 9.65. The third-order valence-corrected chi connectivity index (χ3v) is 12.5. The molecule has 0 saturated heterocycles. The van der Waals surface area contributed by atoms with E-state index >= 15 is 0 Å². The maximum absolute atomic E-state index is 2.58. The van der Waals surface area contributed by atoms with E-state index in [1.165, 1.54) is 88.8 Å². The number of aromatic nitrogens is 1. The number of nitrogens with zero attached hydrogens (tertiary/aromatic N) is 2. The summed E-state index contributed by atoms with van der Waals surface area (Å²) in [7, 11) is 0. The van der Waals surface area contributed by atoms with E-state index in [2.05, 4.69) is 207 Å². The first-order valence-electron chi connectivity index (χ1n) is 19.8. The standard InChI is InChI=1S/C51H53BN2/c1-48(2,3)32-21-24-35(25-22-32)54-43-27-23-33(49(4,5)6)29-41(43)52-40-30-37-36-19-15-16-20-42(36)53(34-17-13-12-14-18-34)45(37)31-39(40)51(10,11)46-38(50(7,8)9)26-28-44(54)47(46)52/h12-31H,1-11H3.